The van der Waals surface area contributed by atoms with Gasteiger partial charge in [-0.15, -0.1) is 0 Å². The van der Waals surface area contributed by atoms with Gasteiger partial charge in [0.1, 0.15) is 0 Å². The van der Waals surface area contributed by atoms with Gasteiger partial charge in [0.05, 0.1) is 29.7 Å². The molecule has 0 spiro atoms. The van der Waals surface area contributed by atoms with E-state index in [1.807, 2.05) is 0 Å². The van der Waals surface area contributed by atoms with Gasteiger partial charge in [-0.2, -0.15) is 0 Å². The number of amides is 2. The highest BCUT2D eigenvalue weighted by molar-refractivity contribution is 6.24. The van der Waals surface area contributed by atoms with Crippen LogP contribution in [0.1, 0.15) is 30.1 Å². The van der Waals surface area contributed by atoms with E-state index in [1.165, 1.54) is 4.90 Å². The zero-order chi connectivity index (χ0) is 16.8. The van der Waals surface area contributed by atoms with Crippen molar-refractivity contribution in [2.45, 2.75) is 19.8 Å². The summed E-state index contributed by atoms with van der Waals surface area (Å²) < 4.78 is 5.07. The lowest BCUT2D eigenvalue weighted by atomic mass is 9.63. The number of hydrogen-bond acceptors (Lipinski definition) is 4. The highest BCUT2D eigenvalue weighted by Gasteiger charge is 2.57. The summed E-state index contributed by atoms with van der Waals surface area (Å²) in [7, 11) is 0. The number of carbonyl (C=O) groups is 3. The molecule has 4 aliphatic rings. The van der Waals surface area contributed by atoms with Crippen molar-refractivity contribution in [2.24, 2.45) is 23.7 Å². The van der Waals surface area contributed by atoms with Crippen molar-refractivity contribution in [2.75, 3.05) is 11.5 Å². The Bertz CT molecular complexity index is 721. The Labute approximate surface area is 140 Å². The second-order valence-electron chi connectivity index (χ2n) is 6.59. The quantitative estimate of drug-likeness (QED) is 0.487. The van der Waals surface area contributed by atoms with Crippen LogP contribution in [-0.2, 0) is 14.3 Å². The maximum Gasteiger partial charge on any atom is 0.340 e. The molecule has 2 amide bonds. The average Bonchev–Trinajstić information content (AvgIpc) is 2.89. The largest absolute Gasteiger partial charge is 0.462 e. The first-order chi connectivity index (χ1) is 11.6. The van der Waals surface area contributed by atoms with Crippen LogP contribution >= 0.6 is 0 Å². The van der Waals surface area contributed by atoms with Crippen LogP contribution in [0.25, 0.3) is 0 Å². The molecule has 5 heteroatoms. The molecule has 2 fully saturated rings. The van der Waals surface area contributed by atoms with Crippen molar-refractivity contribution in [3.8, 4) is 0 Å². The third-order valence-corrected chi connectivity index (χ3v) is 5.40. The number of nitrogens with zero attached hydrogens (tertiary/aromatic N) is 1. The van der Waals surface area contributed by atoms with Crippen LogP contribution in [-0.4, -0.2) is 24.4 Å². The van der Waals surface area contributed by atoms with Crippen LogP contribution in [0.15, 0.2) is 36.4 Å². The van der Waals surface area contributed by atoms with E-state index in [4.69, 9.17) is 4.74 Å². The van der Waals surface area contributed by atoms with E-state index in [-0.39, 0.29) is 47.7 Å². The first-order valence-electron chi connectivity index (χ1n) is 8.45. The summed E-state index contributed by atoms with van der Waals surface area (Å²) in [6.45, 7) is 1.97. The first-order valence-corrected chi connectivity index (χ1v) is 8.45. The molecule has 5 rings (SSSR count). The lowest BCUT2D eigenvalue weighted by molar-refractivity contribution is -0.124. The van der Waals surface area contributed by atoms with Crippen LogP contribution in [0.3, 0.4) is 0 Å². The van der Waals surface area contributed by atoms with Gasteiger partial charge in [-0.25, -0.2) is 9.69 Å². The summed E-state index contributed by atoms with van der Waals surface area (Å²) in [6.07, 6.45) is 6.08. The number of imide groups is 1. The molecule has 1 saturated carbocycles. The van der Waals surface area contributed by atoms with Crippen molar-refractivity contribution in [1.29, 1.82) is 0 Å². The first kappa shape index (κ1) is 15.1. The molecular formula is C19H19NO4. The average molecular weight is 325 g/mol. The van der Waals surface area contributed by atoms with Gasteiger partial charge < -0.3 is 4.74 Å². The minimum absolute atomic E-state index is 0.135. The van der Waals surface area contributed by atoms with Crippen molar-refractivity contribution in [1.82, 2.24) is 0 Å². The molecule has 1 saturated heterocycles. The number of fused-ring (bicyclic) bond motifs is 1. The Hall–Kier alpha value is -2.43. The standard InChI is InChI=1S/C19H19NO4/c1-2-24-19(23)13-5-3-4-6-14(13)20-17(21)15-11-7-8-12(10-9-11)16(15)18(20)22/h3-8,11-12,15-16H,2,9-10H2,1H3/t11-,12-,15-,16-/m0/s1. The van der Waals surface area contributed by atoms with Gasteiger partial charge in [0.15, 0.2) is 0 Å². The minimum atomic E-state index is -0.510. The third-order valence-electron chi connectivity index (χ3n) is 5.40. The molecule has 1 aromatic rings. The lowest BCUT2D eigenvalue weighted by Gasteiger charge is -2.38. The summed E-state index contributed by atoms with van der Waals surface area (Å²) in [4.78, 5) is 39.4. The van der Waals surface area contributed by atoms with Gasteiger partial charge in [-0.05, 0) is 43.7 Å². The van der Waals surface area contributed by atoms with Gasteiger partial charge in [-0.1, -0.05) is 24.3 Å². The molecule has 24 heavy (non-hydrogen) atoms. The zero-order valence-electron chi connectivity index (χ0n) is 13.5. The molecule has 5 nitrogen and oxygen atoms in total. The fourth-order valence-electron chi connectivity index (χ4n) is 4.36. The summed E-state index contributed by atoms with van der Waals surface area (Å²) in [6, 6.07) is 6.68. The lowest BCUT2D eigenvalue weighted by Crippen LogP contribution is -2.38. The monoisotopic (exact) mass is 325 g/mol. The van der Waals surface area contributed by atoms with Crippen molar-refractivity contribution < 1.29 is 19.1 Å². The normalized spacial score (nSPS) is 30.6. The molecule has 0 unspecified atom stereocenters. The Morgan fingerprint density at radius 1 is 1.08 bits per heavy atom. The molecule has 2 bridgehead atoms. The highest BCUT2D eigenvalue weighted by Crippen LogP contribution is 2.50. The smallest absolute Gasteiger partial charge is 0.340 e. The molecule has 3 aliphatic carbocycles. The predicted molar refractivity (Wildman–Crippen MR) is 87.2 cm³/mol. The van der Waals surface area contributed by atoms with Crippen molar-refractivity contribution in [3.05, 3.63) is 42.0 Å². The number of para-hydroxylation sites is 1. The van der Waals surface area contributed by atoms with Gasteiger partial charge in [0.25, 0.3) is 0 Å². The van der Waals surface area contributed by atoms with E-state index < -0.39 is 5.97 Å². The van der Waals surface area contributed by atoms with E-state index in [0.717, 1.165) is 12.8 Å². The van der Waals surface area contributed by atoms with Crippen molar-refractivity contribution in [3.63, 3.8) is 0 Å². The van der Waals surface area contributed by atoms with Crippen LogP contribution in [0.2, 0.25) is 0 Å². The number of ether oxygens (including phenoxy) is 1. The molecule has 124 valence electrons. The summed E-state index contributed by atoms with van der Waals surface area (Å²) in [5, 5.41) is 0. The SMILES string of the molecule is CCOC(=O)c1ccccc1N1C(=O)[C@@H]2[C@@H](C1=O)[C@H]1C=C[C@H]2CC1. The van der Waals surface area contributed by atoms with Gasteiger partial charge >= 0.3 is 5.97 Å². The molecule has 0 radical (unpaired) electrons. The molecular weight excluding hydrogens is 306 g/mol. The fourth-order valence-corrected chi connectivity index (χ4v) is 4.36. The second kappa shape index (κ2) is 5.58. The third kappa shape index (κ3) is 2.04. The zero-order valence-corrected chi connectivity index (χ0v) is 13.5. The number of benzene rings is 1. The molecule has 1 aliphatic heterocycles. The van der Waals surface area contributed by atoms with Crippen LogP contribution < -0.4 is 4.90 Å². The number of carbonyl (C=O) groups excluding carboxylic acids is 3. The number of hydrogen-bond donors (Lipinski definition) is 0. The van der Waals surface area contributed by atoms with E-state index in [0.29, 0.717) is 5.69 Å². The molecule has 4 atom stereocenters. The van der Waals surface area contributed by atoms with Gasteiger partial charge in [0, 0.05) is 0 Å². The maximum atomic E-state index is 13.0. The number of rotatable bonds is 3. The van der Waals surface area contributed by atoms with Crippen LogP contribution in [0, 0.1) is 23.7 Å². The van der Waals surface area contributed by atoms with E-state index in [2.05, 4.69) is 12.2 Å². The Morgan fingerprint density at radius 2 is 1.67 bits per heavy atom. The number of allylic oxidation sites excluding steroid dienone is 2. The predicted octanol–water partition coefficient (Wildman–Crippen LogP) is 2.56. The number of esters is 1. The Morgan fingerprint density at radius 3 is 2.21 bits per heavy atom. The van der Waals surface area contributed by atoms with Gasteiger partial charge in [-0.3, -0.25) is 9.59 Å². The molecule has 0 aromatic heterocycles. The molecule has 1 heterocycles. The minimum Gasteiger partial charge on any atom is -0.462 e. The summed E-state index contributed by atoms with van der Waals surface area (Å²) >= 11 is 0. The fraction of sp³-hybridized carbons (Fsp3) is 0.421. The second-order valence-corrected chi connectivity index (χ2v) is 6.59. The summed E-state index contributed by atoms with van der Waals surface area (Å²) in [5.41, 5.74) is 0.611. The Balaban J connectivity index is 1.75. The van der Waals surface area contributed by atoms with Gasteiger partial charge in [0.2, 0.25) is 11.8 Å². The maximum absolute atomic E-state index is 13.0. The van der Waals surface area contributed by atoms with E-state index in [9.17, 15) is 14.4 Å². The molecule has 0 N–H and O–H groups in total. The number of anilines is 1. The molecule has 1 aromatic carbocycles. The summed E-state index contributed by atoms with van der Waals surface area (Å²) in [5.74, 6) is -1.16. The van der Waals surface area contributed by atoms with Crippen LogP contribution in [0.4, 0.5) is 5.69 Å². The topological polar surface area (TPSA) is 63.7 Å². The van der Waals surface area contributed by atoms with Crippen LogP contribution in [0.5, 0.6) is 0 Å². The highest BCUT2D eigenvalue weighted by atomic mass is 16.5. The van der Waals surface area contributed by atoms with E-state index in [1.54, 1.807) is 31.2 Å². The van der Waals surface area contributed by atoms with E-state index >= 15 is 0 Å². The Kier molecular flexibility index (Phi) is 3.52. The van der Waals surface area contributed by atoms with Crippen molar-refractivity contribution >= 4 is 23.5 Å².